The molecule has 0 unspecified atom stereocenters. The number of benzene rings is 1. The predicted molar refractivity (Wildman–Crippen MR) is 76.5 cm³/mol. The Kier molecular flexibility index (Phi) is 6.25. The summed E-state index contributed by atoms with van der Waals surface area (Å²) in [7, 11) is 0. The average molecular weight is 287 g/mol. The van der Waals surface area contributed by atoms with Crippen LogP contribution in [-0.4, -0.2) is 25.5 Å². The molecule has 19 heavy (non-hydrogen) atoms. The van der Waals surface area contributed by atoms with E-state index in [-0.39, 0.29) is 30.0 Å². The summed E-state index contributed by atoms with van der Waals surface area (Å²) in [6, 6.07) is 4.82. The van der Waals surface area contributed by atoms with Gasteiger partial charge >= 0.3 is 0 Å². The topological polar surface area (TPSA) is 41.1 Å². The van der Waals surface area contributed by atoms with Gasteiger partial charge in [0, 0.05) is 12.1 Å². The van der Waals surface area contributed by atoms with Gasteiger partial charge in [0.25, 0.3) is 5.91 Å². The summed E-state index contributed by atoms with van der Waals surface area (Å²) < 4.78 is 14.0. The van der Waals surface area contributed by atoms with E-state index in [9.17, 15) is 9.18 Å². The maximum atomic E-state index is 14.0. The van der Waals surface area contributed by atoms with Gasteiger partial charge in [-0.3, -0.25) is 4.79 Å². The van der Waals surface area contributed by atoms with Crippen LogP contribution in [0.3, 0.4) is 0 Å². The quantitative estimate of drug-likeness (QED) is 0.896. The number of nitrogens with one attached hydrogen (secondary N) is 2. The number of hydrogen-bond acceptors (Lipinski definition) is 2. The van der Waals surface area contributed by atoms with E-state index in [1.165, 1.54) is 6.07 Å². The zero-order valence-electron chi connectivity index (χ0n) is 11.0. The molecule has 5 heteroatoms. The van der Waals surface area contributed by atoms with Crippen LogP contribution in [0.1, 0.15) is 41.6 Å². The fraction of sp³-hybridized carbons (Fsp3) is 0.500. The molecule has 1 fully saturated rings. The Morgan fingerprint density at radius 1 is 1.42 bits per heavy atom. The van der Waals surface area contributed by atoms with E-state index in [0.717, 1.165) is 31.5 Å². The number of amides is 1. The molecule has 1 heterocycles. The first kappa shape index (κ1) is 15.9. The molecule has 1 amide bonds. The van der Waals surface area contributed by atoms with Gasteiger partial charge < -0.3 is 10.6 Å². The van der Waals surface area contributed by atoms with E-state index >= 15 is 0 Å². The van der Waals surface area contributed by atoms with Crippen molar-refractivity contribution in [3.05, 3.63) is 35.1 Å². The molecule has 0 aliphatic carbocycles. The predicted octanol–water partition coefficient (Wildman–Crippen LogP) is 2.46. The van der Waals surface area contributed by atoms with Crippen molar-refractivity contribution >= 4 is 18.3 Å². The maximum Gasteiger partial charge on any atom is 0.251 e. The van der Waals surface area contributed by atoms with Crippen molar-refractivity contribution < 1.29 is 9.18 Å². The molecular weight excluding hydrogens is 267 g/mol. The van der Waals surface area contributed by atoms with Crippen molar-refractivity contribution in [1.29, 1.82) is 0 Å². The lowest BCUT2D eigenvalue weighted by Gasteiger charge is -2.23. The molecule has 1 aromatic carbocycles. The number of piperidine rings is 1. The minimum atomic E-state index is -0.259. The maximum absolute atomic E-state index is 14.0. The molecule has 1 saturated heterocycles. The lowest BCUT2D eigenvalue weighted by molar-refractivity contribution is 0.0955. The highest BCUT2D eigenvalue weighted by Crippen LogP contribution is 2.27. The fourth-order valence-corrected chi connectivity index (χ4v) is 2.40. The second-order valence-corrected chi connectivity index (χ2v) is 4.62. The molecule has 0 bridgehead atoms. The van der Waals surface area contributed by atoms with Crippen molar-refractivity contribution in [2.75, 3.05) is 19.6 Å². The molecule has 1 aliphatic rings. The summed E-state index contributed by atoms with van der Waals surface area (Å²) >= 11 is 0. The van der Waals surface area contributed by atoms with Crippen LogP contribution < -0.4 is 10.6 Å². The highest BCUT2D eigenvalue weighted by molar-refractivity contribution is 5.94. The van der Waals surface area contributed by atoms with Gasteiger partial charge in [-0.05, 0) is 56.5 Å². The Hall–Kier alpha value is -1.13. The summed E-state index contributed by atoms with van der Waals surface area (Å²) in [5.74, 6) is -0.201. The van der Waals surface area contributed by atoms with Crippen molar-refractivity contribution in [2.45, 2.75) is 25.7 Å². The molecule has 3 nitrogen and oxygen atoms in total. The normalized spacial score (nSPS) is 15.7. The van der Waals surface area contributed by atoms with E-state index < -0.39 is 0 Å². The molecule has 0 radical (unpaired) electrons. The Morgan fingerprint density at radius 3 is 2.68 bits per heavy atom. The largest absolute Gasteiger partial charge is 0.352 e. The van der Waals surface area contributed by atoms with E-state index in [1.807, 2.05) is 6.92 Å². The van der Waals surface area contributed by atoms with Crippen molar-refractivity contribution in [1.82, 2.24) is 10.6 Å². The van der Waals surface area contributed by atoms with Crippen LogP contribution in [0.4, 0.5) is 4.39 Å². The average Bonchev–Trinajstić information content (AvgIpc) is 2.40. The third-order valence-electron chi connectivity index (χ3n) is 3.38. The molecular formula is C14H20ClFN2O. The highest BCUT2D eigenvalue weighted by atomic mass is 35.5. The van der Waals surface area contributed by atoms with Gasteiger partial charge in [-0.25, -0.2) is 4.39 Å². The summed E-state index contributed by atoms with van der Waals surface area (Å²) in [4.78, 5) is 11.6. The Labute approximate surface area is 119 Å². The molecule has 2 rings (SSSR count). The Bertz CT molecular complexity index is 433. The van der Waals surface area contributed by atoms with Crippen molar-refractivity contribution in [3.63, 3.8) is 0 Å². The molecule has 106 valence electrons. The van der Waals surface area contributed by atoms with E-state index in [4.69, 9.17) is 0 Å². The first-order valence-electron chi connectivity index (χ1n) is 6.50. The second-order valence-electron chi connectivity index (χ2n) is 4.62. The molecule has 0 spiro atoms. The number of carbonyl (C=O) groups is 1. The third-order valence-corrected chi connectivity index (χ3v) is 3.38. The minimum Gasteiger partial charge on any atom is -0.352 e. The van der Waals surface area contributed by atoms with E-state index in [0.29, 0.717) is 12.1 Å². The van der Waals surface area contributed by atoms with Gasteiger partial charge in [-0.2, -0.15) is 0 Å². The third kappa shape index (κ3) is 3.91. The van der Waals surface area contributed by atoms with Crippen LogP contribution in [0.5, 0.6) is 0 Å². The lowest BCUT2D eigenvalue weighted by Crippen LogP contribution is -2.27. The Morgan fingerprint density at radius 2 is 2.11 bits per heavy atom. The SMILES string of the molecule is CCNC(=O)c1ccc(C2CCNCC2)c(F)c1.Cl. The van der Waals surface area contributed by atoms with Crippen LogP contribution in [0, 0.1) is 5.82 Å². The summed E-state index contributed by atoms with van der Waals surface area (Å²) in [5.41, 5.74) is 1.14. The number of halogens is 2. The summed E-state index contributed by atoms with van der Waals surface area (Å²) in [6.45, 7) is 4.26. The van der Waals surface area contributed by atoms with Gasteiger partial charge in [0.05, 0.1) is 0 Å². The molecule has 0 aromatic heterocycles. The van der Waals surface area contributed by atoms with Gasteiger partial charge in [0.15, 0.2) is 0 Å². The zero-order chi connectivity index (χ0) is 13.0. The molecule has 1 aliphatic heterocycles. The van der Waals surface area contributed by atoms with Crippen LogP contribution in [0.25, 0.3) is 0 Å². The van der Waals surface area contributed by atoms with Crippen LogP contribution in [0.2, 0.25) is 0 Å². The number of hydrogen-bond donors (Lipinski definition) is 2. The summed E-state index contributed by atoms with van der Waals surface area (Å²) in [5, 5.41) is 5.94. The molecule has 1 aromatic rings. The van der Waals surface area contributed by atoms with Gasteiger partial charge in [-0.15, -0.1) is 12.4 Å². The van der Waals surface area contributed by atoms with Gasteiger partial charge in [-0.1, -0.05) is 6.07 Å². The first-order chi connectivity index (χ1) is 8.72. The van der Waals surface area contributed by atoms with Crippen molar-refractivity contribution in [2.24, 2.45) is 0 Å². The van der Waals surface area contributed by atoms with Crippen LogP contribution >= 0.6 is 12.4 Å². The standard InChI is InChI=1S/C14H19FN2O.ClH/c1-2-17-14(18)11-3-4-12(13(15)9-11)10-5-7-16-8-6-10;/h3-4,9-10,16H,2,5-8H2,1H3,(H,17,18);1H. The monoisotopic (exact) mass is 286 g/mol. The van der Waals surface area contributed by atoms with Crippen molar-refractivity contribution in [3.8, 4) is 0 Å². The van der Waals surface area contributed by atoms with Gasteiger partial charge in [0.1, 0.15) is 5.82 Å². The lowest BCUT2D eigenvalue weighted by atomic mass is 9.89. The van der Waals surface area contributed by atoms with E-state index in [2.05, 4.69) is 10.6 Å². The van der Waals surface area contributed by atoms with Crippen LogP contribution in [0.15, 0.2) is 18.2 Å². The minimum absolute atomic E-state index is 0. The smallest absolute Gasteiger partial charge is 0.251 e. The molecule has 2 N–H and O–H groups in total. The number of carbonyl (C=O) groups excluding carboxylic acids is 1. The molecule has 0 atom stereocenters. The second kappa shape index (κ2) is 7.46. The fourth-order valence-electron chi connectivity index (χ4n) is 2.40. The van der Waals surface area contributed by atoms with E-state index in [1.54, 1.807) is 12.1 Å². The van der Waals surface area contributed by atoms with Crippen LogP contribution in [-0.2, 0) is 0 Å². The molecule has 0 saturated carbocycles. The number of rotatable bonds is 3. The highest BCUT2D eigenvalue weighted by Gasteiger charge is 2.19. The first-order valence-corrected chi connectivity index (χ1v) is 6.50. The Balaban J connectivity index is 0.00000180. The summed E-state index contributed by atoms with van der Waals surface area (Å²) in [6.07, 6.45) is 1.91. The van der Waals surface area contributed by atoms with Gasteiger partial charge in [0.2, 0.25) is 0 Å². The zero-order valence-corrected chi connectivity index (χ0v) is 11.9.